The van der Waals surface area contributed by atoms with Crippen molar-refractivity contribution in [1.82, 2.24) is 0 Å². The second-order valence-corrected chi connectivity index (χ2v) is 4.63. The highest BCUT2D eigenvalue weighted by Gasteiger charge is 1.97. The first-order chi connectivity index (χ1) is 7.06. The Kier molecular flexibility index (Phi) is 8.08. The maximum atomic E-state index is 2.33. The first-order valence-corrected chi connectivity index (χ1v) is 5.99. The molecule has 0 saturated carbocycles. The number of allylic oxidation sites excluding steroid dienone is 6. The third kappa shape index (κ3) is 9.52. The van der Waals surface area contributed by atoms with Crippen molar-refractivity contribution in [2.45, 2.75) is 53.9 Å². The molecule has 0 aliphatic carbocycles. The molecule has 15 heavy (non-hydrogen) atoms. The van der Waals surface area contributed by atoms with Crippen LogP contribution in [-0.4, -0.2) is 0 Å². The summed E-state index contributed by atoms with van der Waals surface area (Å²) in [4.78, 5) is 0. The largest absolute Gasteiger partial charge is 0.0859 e. The number of rotatable bonds is 6. The van der Waals surface area contributed by atoms with Crippen LogP contribution in [0.15, 0.2) is 35.5 Å². The molecule has 0 aromatic rings. The number of hydrogen-bond donors (Lipinski definition) is 0. The van der Waals surface area contributed by atoms with Crippen LogP contribution in [-0.2, 0) is 0 Å². The Hall–Kier alpha value is -0.780. The Morgan fingerprint density at radius 2 is 1.87 bits per heavy atom. The highest BCUT2D eigenvalue weighted by atomic mass is 14.0. The molecule has 0 bridgehead atoms. The average molecular weight is 206 g/mol. The zero-order valence-corrected chi connectivity index (χ0v) is 11.0. The highest BCUT2D eigenvalue weighted by molar-refractivity contribution is 5.14. The standard InChI is InChI=1S/C15H26/c1-6-14(4)10-8-12-15(5)11-7-9-13(2)3/h6,8-10,15H,7,11-12H2,1-5H3/b10-8+,14-6-/t15-/m0/s1. The summed E-state index contributed by atoms with van der Waals surface area (Å²) in [6.45, 7) is 10.9. The fourth-order valence-corrected chi connectivity index (χ4v) is 1.36. The lowest BCUT2D eigenvalue weighted by Gasteiger charge is -2.06. The molecule has 0 aromatic heterocycles. The molecule has 0 nitrogen and oxygen atoms in total. The summed E-state index contributed by atoms with van der Waals surface area (Å²) >= 11 is 0. The van der Waals surface area contributed by atoms with Crippen molar-refractivity contribution in [3.05, 3.63) is 35.5 Å². The minimum atomic E-state index is 0.793. The van der Waals surface area contributed by atoms with Gasteiger partial charge in [0.1, 0.15) is 0 Å². The fourth-order valence-electron chi connectivity index (χ4n) is 1.36. The van der Waals surface area contributed by atoms with E-state index in [1.54, 1.807) is 0 Å². The van der Waals surface area contributed by atoms with Crippen LogP contribution < -0.4 is 0 Å². The second-order valence-electron chi connectivity index (χ2n) is 4.63. The Bertz CT molecular complexity index is 237. The average Bonchev–Trinajstić information content (AvgIpc) is 2.17. The van der Waals surface area contributed by atoms with E-state index in [0.29, 0.717) is 0 Å². The summed E-state index contributed by atoms with van der Waals surface area (Å²) in [5.74, 6) is 0.793. The molecule has 0 aromatic carbocycles. The molecular weight excluding hydrogens is 180 g/mol. The predicted molar refractivity (Wildman–Crippen MR) is 71.0 cm³/mol. The van der Waals surface area contributed by atoms with Crippen LogP contribution in [0.3, 0.4) is 0 Å². The van der Waals surface area contributed by atoms with Crippen LogP contribution in [0.4, 0.5) is 0 Å². The summed E-state index contributed by atoms with van der Waals surface area (Å²) < 4.78 is 0. The summed E-state index contributed by atoms with van der Waals surface area (Å²) in [6.07, 6.45) is 12.7. The van der Waals surface area contributed by atoms with E-state index >= 15 is 0 Å². The molecule has 1 atom stereocenters. The molecule has 0 heterocycles. The molecule has 0 aliphatic heterocycles. The summed E-state index contributed by atoms with van der Waals surface area (Å²) in [5.41, 5.74) is 2.79. The van der Waals surface area contributed by atoms with Gasteiger partial charge in [0.2, 0.25) is 0 Å². The predicted octanol–water partition coefficient (Wildman–Crippen LogP) is 5.28. The third-order valence-corrected chi connectivity index (χ3v) is 2.59. The Morgan fingerprint density at radius 1 is 1.20 bits per heavy atom. The minimum absolute atomic E-state index is 0.793. The summed E-state index contributed by atoms with van der Waals surface area (Å²) in [7, 11) is 0. The smallest absolute Gasteiger partial charge is 0.0322 e. The van der Waals surface area contributed by atoms with Crippen LogP contribution in [0, 0.1) is 5.92 Å². The first kappa shape index (κ1) is 14.2. The lowest BCUT2D eigenvalue weighted by atomic mass is 10.0. The first-order valence-electron chi connectivity index (χ1n) is 5.99. The highest BCUT2D eigenvalue weighted by Crippen LogP contribution is 2.12. The molecule has 0 amide bonds. The SMILES string of the molecule is C/C=C(C)\C=C\C[C@@H](C)CCC=C(C)C. The van der Waals surface area contributed by atoms with Gasteiger partial charge in [-0.15, -0.1) is 0 Å². The molecule has 0 fully saturated rings. The zero-order valence-electron chi connectivity index (χ0n) is 11.0. The van der Waals surface area contributed by atoms with Crippen molar-refractivity contribution in [3.63, 3.8) is 0 Å². The van der Waals surface area contributed by atoms with Gasteiger partial charge in [0.05, 0.1) is 0 Å². The number of hydrogen-bond acceptors (Lipinski definition) is 0. The molecule has 0 saturated heterocycles. The fraction of sp³-hybridized carbons (Fsp3) is 0.600. The topological polar surface area (TPSA) is 0 Å². The van der Waals surface area contributed by atoms with Gasteiger partial charge in [-0.2, -0.15) is 0 Å². The van der Waals surface area contributed by atoms with Gasteiger partial charge in [-0.3, -0.25) is 0 Å². The molecule has 0 unspecified atom stereocenters. The van der Waals surface area contributed by atoms with E-state index in [-0.39, 0.29) is 0 Å². The van der Waals surface area contributed by atoms with Crippen molar-refractivity contribution >= 4 is 0 Å². The van der Waals surface area contributed by atoms with Crippen molar-refractivity contribution in [2.24, 2.45) is 5.92 Å². The van der Waals surface area contributed by atoms with E-state index in [2.05, 4.69) is 58.9 Å². The van der Waals surface area contributed by atoms with Crippen LogP contribution in [0.2, 0.25) is 0 Å². The lowest BCUT2D eigenvalue weighted by molar-refractivity contribution is 0.545. The van der Waals surface area contributed by atoms with Gasteiger partial charge in [-0.1, -0.05) is 42.4 Å². The maximum Gasteiger partial charge on any atom is -0.0322 e. The van der Waals surface area contributed by atoms with Gasteiger partial charge in [-0.05, 0) is 52.9 Å². The van der Waals surface area contributed by atoms with Crippen LogP contribution in [0.5, 0.6) is 0 Å². The van der Waals surface area contributed by atoms with Crippen molar-refractivity contribution < 1.29 is 0 Å². The Balaban J connectivity index is 3.71. The Morgan fingerprint density at radius 3 is 2.40 bits per heavy atom. The van der Waals surface area contributed by atoms with E-state index in [0.717, 1.165) is 5.92 Å². The Labute approximate surface area is 95.8 Å². The van der Waals surface area contributed by atoms with Crippen molar-refractivity contribution in [2.75, 3.05) is 0 Å². The van der Waals surface area contributed by atoms with E-state index in [1.807, 2.05) is 0 Å². The van der Waals surface area contributed by atoms with Crippen LogP contribution in [0.25, 0.3) is 0 Å². The molecular formula is C15H26. The molecule has 0 aliphatic rings. The quantitative estimate of drug-likeness (QED) is 0.409. The van der Waals surface area contributed by atoms with Crippen molar-refractivity contribution in [3.8, 4) is 0 Å². The molecule has 0 rings (SSSR count). The van der Waals surface area contributed by atoms with Crippen molar-refractivity contribution in [1.29, 1.82) is 0 Å². The third-order valence-electron chi connectivity index (χ3n) is 2.59. The van der Waals surface area contributed by atoms with E-state index < -0.39 is 0 Å². The molecule has 86 valence electrons. The van der Waals surface area contributed by atoms with Crippen LogP contribution in [0.1, 0.15) is 53.9 Å². The summed E-state index contributed by atoms with van der Waals surface area (Å²) in [6, 6.07) is 0. The van der Waals surface area contributed by atoms with Gasteiger partial charge in [0.15, 0.2) is 0 Å². The van der Waals surface area contributed by atoms with Crippen LogP contribution >= 0.6 is 0 Å². The summed E-state index contributed by atoms with van der Waals surface area (Å²) in [5, 5.41) is 0. The molecule has 0 N–H and O–H groups in total. The van der Waals surface area contributed by atoms with Gasteiger partial charge in [0.25, 0.3) is 0 Å². The van der Waals surface area contributed by atoms with Gasteiger partial charge in [-0.25, -0.2) is 0 Å². The minimum Gasteiger partial charge on any atom is -0.0859 e. The van der Waals surface area contributed by atoms with E-state index in [9.17, 15) is 0 Å². The van der Waals surface area contributed by atoms with E-state index in [1.165, 1.54) is 30.4 Å². The zero-order chi connectivity index (χ0) is 11.7. The lowest BCUT2D eigenvalue weighted by Crippen LogP contribution is -1.91. The molecule has 0 heteroatoms. The monoisotopic (exact) mass is 206 g/mol. The maximum absolute atomic E-state index is 2.33. The molecule has 0 spiro atoms. The van der Waals surface area contributed by atoms with Gasteiger partial charge < -0.3 is 0 Å². The molecule has 0 radical (unpaired) electrons. The second kappa shape index (κ2) is 8.52. The van der Waals surface area contributed by atoms with E-state index in [4.69, 9.17) is 0 Å². The normalized spacial score (nSPS) is 14.3. The van der Waals surface area contributed by atoms with Gasteiger partial charge in [0, 0.05) is 0 Å². The van der Waals surface area contributed by atoms with Gasteiger partial charge >= 0.3 is 0 Å².